The maximum atomic E-state index is 12.9. The molecule has 0 bridgehead atoms. The van der Waals surface area contributed by atoms with Crippen molar-refractivity contribution >= 4 is 27.9 Å². The Bertz CT molecular complexity index is 995. The zero-order valence-corrected chi connectivity index (χ0v) is 14.4. The summed E-state index contributed by atoms with van der Waals surface area (Å²) in [5.74, 6) is 0.0336. The predicted octanol–water partition coefficient (Wildman–Crippen LogP) is 3.33. The molecule has 1 aromatic carbocycles. The Labute approximate surface area is 147 Å². The van der Waals surface area contributed by atoms with Gasteiger partial charge in [-0.25, -0.2) is 0 Å². The first-order chi connectivity index (χ1) is 12.3. The minimum absolute atomic E-state index is 0.186. The van der Waals surface area contributed by atoms with Crippen LogP contribution in [0, 0.1) is 0 Å². The maximum absolute atomic E-state index is 12.9. The van der Waals surface area contributed by atoms with E-state index in [1.54, 1.807) is 22.6 Å². The molecule has 3 aromatic rings. The molecule has 0 atom stereocenters. The van der Waals surface area contributed by atoms with Crippen LogP contribution in [-0.2, 0) is 13.2 Å². The Kier molecular flexibility index (Phi) is 3.76. The van der Waals surface area contributed by atoms with E-state index in [1.807, 2.05) is 7.05 Å². The van der Waals surface area contributed by atoms with Crippen molar-refractivity contribution in [3.05, 3.63) is 35.6 Å². The normalized spacial score (nSPS) is 16.7. The number of amides is 1. The molecule has 138 valence electrons. The number of fused-ring (bicyclic) bond motifs is 3. The lowest BCUT2D eigenvalue weighted by Gasteiger charge is -2.31. The van der Waals surface area contributed by atoms with Gasteiger partial charge in [0.2, 0.25) is 0 Å². The average molecular weight is 365 g/mol. The molecular formula is C18H18F3N3O2. The summed E-state index contributed by atoms with van der Waals surface area (Å²) in [4.78, 5) is 16.5. The number of hydrogen-bond donors (Lipinski definition) is 0. The topological polar surface area (TPSA) is 41.6 Å². The number of hydrogen-bond acceptors (Lipinski definition) is 3. The number of aryl methyl sites for hydroxylation is 1. The van der Waals surface area contributed by atoms with Crippen LogP contribution in [0.5, 0.6) is 0 Å². The second kappa shape index (κ2) is 5.77. The van der Waals surface area contributed by atoms with Crippen molar-refractivity contribution in [2.24, 2.45) is 7.05 Å². The van der Waals surface area contributed by atoms with Gasteiger partial charge in [0.05, 0.1) is 16.6 Å². The van der Waals surface area contributed by atoms with Gasteiger partial charge in [0.15, 0.2) is 11.3 Å². The Morgan fingerprint density at radius 3 is 2.38 bits per heavy atom. The van der Waals surface area contributed by atoms with E-state index < -0.39 is 11.7 Å². The van der Waals surface area contributed by atoms with Gasteiger partial charge in [-0.1, -0.05) is 0 Å². The van der Waals surface area contributed by atoms with Crippen molar-refractivity contribution in [2.45, 2.75) is 6.18 Å². The molecule has 1 fully saturated rings. The number of nitrogens with zero attached hydrogens (tertiary/aromatic N) is 3. The highest BCUT2D eigenvalue weighted by molar-refractivity contribution is 6.07. The first-order valence-electron chi connectivity index (χ1n) is 8.32. The van der Waals surface area contributed by atoms with Gasteiger partial charge in [-0.15, -0.1) is 0 Å². The lowest BCUT2D eigenvalue weighted by atomic mass is 10.1. The molecule has 5 nitrogen and oxygen atoms in total. The third-order valence-electron chi connectivity index (χ3n) is 5.01. The highest BCUT2D eigenvalue weighted by atomic mass is 19.4. The molecule has 0 radical (unpaired) electrons. The zero-order chi connectivity index (χ0) is 18.6. The smallest absolute Gasteiger partial charge is 0.416 e. The lowest BCUT2D eigenvalue weighted by Crippen LogP contribution is -2.47. The fourth-order valence-electron chi connectivity index (χ4n) is 3.40. The predicted molar refractivity (Wildman–Crippen MR) is 91.1 cm³/mol. The van der Waals surface area contributed by atoms with E-state index in [9.17, 15) is 18.0 Å². The SMILES string of the molecule is CN1CCN(C(=O)c2cc3c(o2)c2ccc(C(F)(F)F)cc2n3C)CC1. The summed E-state index contributed by atoms with van der Waals surface area (Å²) >= 11 is 0. The van der Waals surface area contributed by atoms with Crippen LogP contribution in [0.4, 0.5) is 13.2 Å². The quantitative estimate of drug-likeness (QED) is 0.664. The molecule has 0 N–H and O–H groups in total. The molecule has 3 heterocycles. The number of piperazine rings is 1. The fraction of sp³-hybridized carbons (Fsp3) is 0.389. The molecule has 1 amide bonds. The molecule has 0 saturated carbocycles. The number of rotatable bonds is 1. The summed E-state index contributed by atoms with van der Waals surface area (Å²) in [6, 6.07) is 5.15. The van der Waals surface area contributed by atoms with Crippen molar-refractivity contribution in [3.8, 4) is 0 Å². The summed E-state index contributed by atoms with van der Waals surface area (Å²) in [6.07, 6.45) is -4.40. The molecule has 0 unspecified atom stereocenters. The highest BCUT2D eigenvalue weighted by Crippen LogP contribution is 2.36. The highest BCUT2D eigenvalue weighted by Gasteiger charge is 2.31. The molecule has 2 aromatic heterocycles. The molecule has 8 heteroatoms. The fourth-order valence-corrected chi connectivity index (χ4v) is 3.40. The van der Waals surface area contributed by atoms with Crippen LogP contribution < -0.4 is 0 Å². The first-order valence-corrected chi connectivity index (χ1v) is 8.32. The van der Waals surface area contributed by atoms with Crippen molar-refractivity contribution in [3.63, 3.8) is 0 Å². The summed E-state index contributed by atoms with van der Waals surface area (Å²) in [6.45, 7) is 2.86. The second-order valence-electron chi connectivity index (χ2n) is 6.71. The minimum atomic E-state index is -4.40. The number of halogens is 3. The summed E-state index contributed by atoms with van der Waals surface area (Å²) in [7, 11) is 3.68. The summed E-state index contributed by atoms with van der Waals surface area (Å²) in [5.41, 5.74) is 0.764. The van der Waals surface area contributed by atoms with Crippen molar-refractivity contribution < 1.29 is 22.4 Å². The van der Waals surface area contributed by atoms with E-state index in [0.717, 1.165) is 25.2 Å². The van der Waals surface area contributed by atoms with Crippen LogP contribution >= 0.6 is 0 Å². The number of benzene rings is 1. The number of carbonyl (C=O) groups excluding carboxylic acids is 1. The maximum Gasteiger partial charge on any atom is 0.416 e. The van der Waals surface area contributed by atoms with Gasteiger partial charge in [0.25, 0.3) is 5.91 Å². The van der Waals surface area contributed by atoms with Crippen molar-refractivity contribution in [2.75, 3.05) is 33.2 Å². The third kappa shape index (κ3) is 2.65. The van der Waals surface area contributed by atoms with E-state index in [1.165, 1.54) is 6.07 Å². The number of carbonyl (C=O) groups is 1. The van der Waals surface area contributed by atoms with E-state index in [4.69, 9.17) is 4.42 Å². The van der Waals surface area contributed by atoms with Gasteiger partial charge in [-0.3, -0.25) is 4.79 Å². The van der Waals surface area contributed by atoms with Crippen molar-refractivity contribution in [1.82, 2.24) is 14.4 Å². The van der Waals surface area contributed by atoms with Gasteiger partial charge in [-0.2, -0.15) is 13.2 Å². The van der Waals surface area contributed by atoms with Crippen LogP contribution in [-0.4, -0.2) is 53.5 Å². The standard InChI is InChI=1S/C18H18F3N3O2/c1-22-5-7-24(8-6-22)17(25)15-10-14-16(26-15)12-4-3-11(18(19,20)21)9-13(12)23(14)2/h3-4,9-10H,5-8H2,1-2H3. The van der Waals surface area contributed by atoms with E-state index in [-0.39, 0.29) is 11.7 Å². The largest absolute Gasteiger partial charge is 0.449 e. The third-order valence-corrected chi connectivity index (χ3v) is 5.01. The Morgan fingerprint density at radius 1 is 1.04 bits per heavy atom. The van der Waals surface area contributed by atoms with E-state index in [2.05, 4.69) is 4.90 Å². The average Bonchev–Trinajstić information content (AvgIpc) is 3.14. The molecule has 1 saturated heterocycles. The first kappa shape index (κ1) is 17.0. The molecule has 0 spiro atoms. The van der Waals surface area contributed by atoms with Gasteiger partial charge < -0.3 is 18.8 Å². The van der Waals surface area contributed by atoms with E-state index in [0.29, 0.717) is 35.1 Å². The lowest BCUT2D eigenvalue weighted by molar-refractivity contribution is -0.137. The second-order valence-corrected chi connectivity index (χ2v) is 6.71. The van der Waals surface area contributed by atoms with Gasteiger partial charge in [-0.05, 0) is 25.2 Å². The Morgan fingerprint density at radius 2 is 1.73 bits per heavy atom. The molecule has 1 aliphatic heterocycles. The number of furan rings is 1. The Balaban J connectivity index is 1.74. The van der Waals surface area contributed by atoms with Gasteiger partial charge in [0, 0.05) is 44.7 Å². The molecule has 1 aliphatic rings. The number of alkyl halides is 3. The van der Waals surface area contributed by atoms with Crippen LogP contribution in [0.15, 0.2) is 28.7 Å². The molecule has 0 aliphatic carbocycles. The number of likely N-dealkylation sites (N-methyl/N-ethyl adjacent to an activating group) is 1. The Hall–Kier alpha value is -2.48. The number of aromatic nitrogens is 1. The van der Waals surface area contributed by atoms with Gasteiger partial charge >= 0.3 is 6.18 Å². The van der Waals surface area contributed by atoms with Gasteiger partial charge in [0.1, 0.15) is 0 Å². The van der Waals surface area contributed by atoms with Crippen molar-refractivity contribution in [1.29, 1.82) is 0 Å². The minimum Gasteiger partial charge on any atom is -0.449 e. The van der Waals surface area contributed by atoms with Crippen LogP contribution in [0.1, 0.15) is 16.1 Å². The zero-order valence-electron chi connectivity index (χ0n) is 14.4. The van der Waals surface area contributed by atoms with Crippen LogP contribution in [0.3, 0.4) is 0 Å². The summed E-state index contributed by atoms with van der Waals surface area (Å²) in [5, 5.41) is 0.563. The van der Waals surface area contributed by atoms with Crippen LogP contribution in [0.2, 0.25) is 0 Å². The molecular weight excluding hydrogens is 347 g/mol. The van der Waals surface area contributed by atoms with Crippen LogP contribution in [0.25, 0.3) is 22.0 Å². The monoisotopic (exact) mass is 365 g/mol. The molecule has 26 heavy (non-hydrogen) atoms. The van der Waals surface area contributed by atoms with E-state index >= 15 is 0 Å². The molecule has 4 rings (SSSR count). The summed E-state index contributed by atoms with van der Waals surface area (Å²) < 4.78 is 46.2.